The number of aromatic nitrogens is 1. The van der Waals surface area contributed by atoms with E-state index in [1.54, 1.807) is 12.4 Å². The van der Waals surface area contributed by atoms with Crippen molar-refractivity contribution in [1.29, 1.82) is 0 Å². The first kappa shape index (κ1) is 17.2. The van der Waals surface area contributed by atoms with Gasteiger partial charge in [-0.05, 0) is 34.3 Å². The van der Waals surface area contributed by atoms with Crippen LogP contribution in [0.3, 0.4) is 0 Å². The van der Waals surface area contributed by atoms with E-state index in [4.69, 9.17) is 4.43 Å². The Labute approximate surface area is 134 Å². The molecule has 22 heavy (non-hydrogen) atoms. The van der Waals surface area contributed by atoms with Crippen LogP contribution in [-0.4, -0.2) is 25.4 Å². The molecule has 2 heterocycles. The van der Waals surface area contributed by atoms with E-state index in [1.807, 2.05) is 12.1 Å². The highest BCUT2D eigenvalue weighted by Gasteiger charge is 2.51. The molecule has 0 aromatic carbocycles. The molecule has 1 N–H and O–H groups in total. The van der Waals surface area contributed by atoms with Gasteiger partial charge in [0.15, 0.2) is 0 Å². The van der Waals surface area contributed by atoms with Crippen LogP contribution in [0.4, 0.5) is 0 Å². The highest BCUT2D eigenvalue weighted by molar-refractivity contribution is 6.77. The van der Waals surface area contributed by atoms with E-state index in [1.165, 1.54) is 0 Å². The Bertz CT molecular complexity index is 495. The zero-order chi connectivity index (χ0) is 16.5. The van der Waals surface area contributed by atoms with Crippen LogP contribution in [0.2, 0.25) is 16.6 Å². The summed E-state index contributed by atoms with van der Waals surface area (Å²) in [6, 6.07) is 3.81. The Kier molecular flexibility index (Phi) is 5.07. The van der Waals surface area contributed by atoms with E-state index in [-0.39, 0.29) is 18.1 Å². The zero-order valence-electron chi connectivity index (χ0n) is 14.5. The van der Waals surface area contributed by atoms with Gasteiger partial charge in [0.1, 0.15) is 12.1 Å². The number of hydrogen-bond acceptors (Lipinski definition) is 3. The molecule has 0 saturated carbocycles. The molecule has 0 bridgehead atoms. The average Bonchev–Trinajstić information content (AvgIpc) is 2.42. The van der Waals surface area contributed by atoms with Crippen LogP contribution in [-0.2, 0) is 9.22 Å². The van der Waals surface area contributed by atoms with Crippen molar-refractivity contribution in [1.82, 2.24) is 10.3 Å². The smallest absolute Gasteiger partial charge is 0.234 e. The van der Waals surface area contributed by atoms with Gasteiger partial charge in [0.25, 0.3) is 0 Å². The quantitative estimate of drug-likeness (QED) is 0.640. The summed E-state index contributed by atoms with van der Waals surface area (Å²) in [5, 5.41) is 2.96. The number of carbonyl (C=O) groups is 1. The number of nitrogens with one attached hydrogen (secondary N) is 1. The molecule has 1 aliphatic heterocycles. The van der Waals surface area contributed by atoms with Gasteiger partial charge in [-0.3, -0.25) is 9.78 Å². The van der Waals surface area contributed by atoms with Gasteiger partial charge in [-0.15, -0.1) is 0 Å². The van der Waals surface area contributed by atoms with E-state index in [0.717, 1.165) is 5.56 Å². The van der Waals surface area contributed by atoms with Crippen molar-refractivity contribution in [3.63, 3.8) is 0 Å². The second-order valence-electron chi connectivity index (χ2n) is 7.12. The fraction of sp³-hybridized carbons (Fsp3) is 0.647. The molecule has 1 aliphatic rings. The Morgan fingerprint density at radius 2 is 1.55 bits per heavy atom. The summed E-state index contributed by atoms with van der Waals surface area (Å²) in [5.41, 5.74) is 2.50. The van der Waals surface area contributed by atoms with Crippen LogP contribution in [0.15, 0.2) is 24.5 Å². The van der Waals surface area contributed by atoms with Crippen molar-refractivity contribution >= 4 is 14.2 Å². The lowest BCUT2D eigenvalue weighted by molar-refractivity contribution is -0.138. The molecule has 1 aromatic rings. The first-order chi connectivity index (χ1) is 10.3. The zero-order valence-corrected chi connectivity index (χ0v) is 15.5. The second-order valence-corrected chi connectivity index (χ2v) is 12.5. The minimum absolute atomic E-state index is 0.0513. The first-order valence-corrected chi connectivity index (χ1v) is 10.3. The number of rotatable bonds is 6. The summed E-state index contributed by atoms with van der Waals surface area (Å²) >= 11 is 0. The van der Waals surface area contributed by atoms with E-state index < -0.39 is 8.32 Å². The van der Waals surface area contributed by atoms with Crippen molar-refractivity contribution in [2.45, 2.75) is 70.3 Å². The molecular formula is C17H28N2O2Si. The van der Waals surface area contributed by atoms with Gasteiger partial charge in [0.2, 0.25) is 14.2 Å². The van der Waals surface area contributed by atoms with Gasteiger partial charge in [0.05, 0.1) is 0 Å². The largest absolute Gasteiger partial charge is 0.395 e. The topological polar surface area (TPSA) is 51.2 Å². The predicted molar refractivity (Wildman–Crippen MR) is 91.0 cm³/mol. The molecule has 0 spiro atoms. The Morgan fingerprint density at radius 3 is 1.95 bits per heavy atom. The summed E-state index contributed by atoms with van der Waals surface area (Å²) < 4.78 is 6.68. The third-order valence-corrected chi connectivity index (χ3v) is 11.0. The van der Waals surface area contributed by atoms with E-state index in [0.29, 0.717) is 16.6 Å². The molecule has 5 heteroatoms. The van der Waals surface area contributed by atoms with Crippen LogP contribution < -0.4 is 5.32 Å². The lowest BCUT2D eigenvalue weighted by Crippen LogP contribution is -2.63. The van der Waals surface area contributed by atoms with Crippen molar-refractivity contribution in [2.24, 2.45) is 0 Å². The summed E-state index contributed by atoms with van der Waals surface area (Å²) in [7, 11) is -2.00. The van der Waals surface area contributed by atoms with Gasteiger partial charge in [-0.2, -0.15) is 0 Å². The molecule has 0 unspecified atom stereocenters. The molecule has 1 saturated heterocycles. The fourth-order valence-corrected chi connectivity index (χ4v) is 9.43. The summed E-state index contributed by atoms with van der Waals surface area (Å²) in [4.78, 5) is 16.1. The molecule has 2 rings (SSSR count). The number of pyridine rings is 1. The molecular weight excluding hydrogens is 292 g/mol. The maximum absolute atomic E-state index is 12.0. The van der Waals surface area contributed by atoms with E-state index >= 15 is 0 Å². The lowest BCUT2D eigenvalue weighted by Gasteiger charge is -2.49. The summed E-state index contributed by atoms with van der Waals surface area (Å²) in [5.74, 6) is -0.151. The Morgan fingerprint density at radius 1 is 1.05 bits per heavy atom. The highest BCUT2D eigenvalue weighted by Crippen LogP contribution is 2.45. The third-order valence-electron chi connectivity index (χ3n) is 4.97. The summed E-state index contributed by atoms with van der Waals surface area (Å²) in [6.07, 6.45) is 3.26. The minimum atomic E-state index is -2.00. The first-order valence-electron chi connectivity index (χ1n) is 8.18. The monoisotopic (exact) mass is 320 g/mol. The maximum Gasteiger partial charge on any atom is 0.234 e. The van der Waals surface area contributed by atoms with Crippen molar-refractivity contribution in [2.75, 3.05) is 0 Å². The Balaban J connectivity index is 2.26. The molecule has 0 aliphatic carbocycles. The molecule has 1 amide bonds. The highest BCUT2D eigenvalue weighted by atomic mass is 28.4. The van der Waals surface area contributed by atoms with Crippen molar-refractivity contribution < 1.29 is 9.22 Å². The van der Waals surface area contributed by atoms with Gasteiger partial charge in [-0.25, -0.2) is 0 Å². The molecule has 122 valence electrons. The van der Waals surface area contributed by atoms with Crippen LogP contribution in [0.25, 0.3) is 0 Å². The average molecular weight is 321 g/mol. The molecule has 0 radical (unpaired) electrons. The number of carbonyl (C=O) groups excluding carboxylic acids is 1. The van der Waals surface area contributed by atoms with Gasteiger partial charge >= 0.3 is 0 Å². The molecule has 2 atom stereocenters. The Hall–Kier alpha value is -1.20. The second kappa shape index (κ2) is 6.50. The normalized spacial score (nSPS) is 22.1. The number of β-lactam (4-membered cyclic amide) rings is 1. The number of nitrogens with zero attached hydrogens (tertiary/aromatic N) is 1. The van der Waals surface area contributed by atoms with Crippen molar-refractivity contribution in [3.8, 4) is 0 Å². The minimum Gasteiger partial charge on any atom is -0.395 e. The van der Waals surface area contributed by atoms with E-state index in [2.05, 4.69) is 51.8 Å². The van der Waals surface area contributed by atoms with Crippen molar-refractivity contribution in [3.05, 3.63) is 30.1 Å². The fourth-order valence-electron chi connectivity index (χ4n) is 3.98. The third kappa shape index (κ3) is 2.84. The summed E-state index contributed by atoms with van der Waals surface area (Å²) in [6.45, 7) is 13.5. The standard InChI is InChI=1S/C17H28N2O2Si/c1-11(2)22(12(3)4,13(5)6)21-17-15(16(20)19-17)14-7-9-18-10-8-14/h7-13,15,17H,1-6H3,(H,19,20)/t15-,17-/m1/s1. The molecule has 1 aromatic heterocycles. The number of amides is 1. The van der Waals surface area contributed by atoms with Gasteiger partial charge in [0, 0.05) is 12.4 Å². The van der Waals surface area contributed by atoms with Gasteiger partial charge in [-0.1, -0.05) is 41.5 Å². The molecule has 1 fully saturated rings. The number of hydrogen-bond donors (Lipinski definition) is 1. The predicted octanol–water partition coefficient (Wildman–Crippen LogP) is 3.81. The molecule has 4 nitrogen and oxygen atoms in total. The van der Waals surface area contributed by atoms with Crippen LogP contribution in [0.1, 0.15) is 53.0 Å². The van der Waals surface area contributed by atoms with Crippen LogP contribution in [0, 0.1) is 0 Å². The lowest BCUT2D eigenvalue weighted by atomic mass is 9.91. The van der Waals surface area contributed by atoms with E-state index in [9.17, 15) is 4.79 Å². The van der Waals surface area contributed by atoms with Crippen LogP contribution >= 0.6 is 0 Å². The van der Waals surface area contributed by atoms with Gasteiger partial charge < -0.3 is 9.74 Å². The SMILES string of the molecule is CC(C)[Si](O[C@H]1NC(=O)[C@H]1c1ccncc1)(C(C)C)C(C)C. The van der Waals surface area contributed by atoms with Crippen LogP contribution in [0.5, 0.6) is 0 Å². The maximum atomic E-state index is 12.0.